The van der Waals surface area contributed by atoms with Gasteiger partial charge in [-0.2, -0.15) is 0 Å². The van der Waals surface area contributed by atoms with Crippen LogP contribution in [-0.4, -0.2) is 45.1 Å². The molecule has 0 saturated carbocycles. The molecule has 0 aliphatic rings. The molecule has 0 amide bonds. The Hall–Kier alpha value is -1.11. The van der Waals surface area contributed by atoms with Crippen LogP contribution in [-0.2, 0) is 10.0 Å². The summed E-state index contributed by atoms with van der Waals surface area (Å²) in [5.41, 5.74) is 0.564. The first-order chi connectivity index (χ1) is 8.00. The summed E-state index contributed by atoms with van der Waals surface area (Å²) in [6, 6.07) is 6.74. The van der Waals surface area contributed by atoms with E-state index in [4.69, 9.17) is 5.11 Å². The number of nitrogens with one attached hydrogen (secondary N) is 1. The van der Waals surface area contributed by atoms with Crippen LogP contribution in [0.5, 0.6) is 0 Å². The fourth-order valence-electron chi connectivity index (χ4n) is 1.34. The molecule has 0 atom stereocenters. The minimum absolute atomic E-state index is 0.0790. The molecule has 17 heavy (non-hydrogen) atoms. The number of rotatable bonds is 6. The van der Waals surface area contributed by atoms with Gasteiger partial charge in [0.25, 0.3) is 0 Å². The largest absolute Gasteiger partial charge is 0.396 e. The smallest absolute Gasteiger partial charge is 0.244 e. The summed E-state index contributed by atoms with van der Waals surface area (Å²) < 4.78 is 25.2. The first-order valence-corrected chi connectivity index (χ1v) is 6.80. The van der Waals surface area contributed by atoms with Crippen molar-refractivity contribution in [2.45, 2.75) is 11.3 Å². The predicted octanol–water partition coefficient (Wildman–Crippen LogP) is 0.731. The maximum atomic E-state index is 12.0. The number of hydrogen-bond acceptors (Lipinski definition) is 4. The van der Waals surface area contributed by atoms with Crippen LogP contribution < -0.4 is 5.32 Å². The molecule has 0 fully saturated rings. The summed E-state index contributed by atoms with van der Waals surface area (Å²) in [7, 11) is -0.437. The first kappa shape index (κ1) is 14.0. The zero-order chi connectivity index (χ0) is 12.9. The van der Waals surface area contributed by atoms with Gasteiger partial charge in [0.2, 0.25) is 10.0 Å². The van der Waals surface area contributed by atoms with Gasteiger partial charge in [-0.1, -0.05) is 12.1 Å². The average Bonchev–Trinajstić information content (AvgIpc) is 2.29. The SMILES string of the molecule is CN(C)S(=O)(=O)c1ccccc1NCCCO. The molecular formula is C11H18N2O3S. The molecule has 2 N–H and O–H groups in total. The number of nitrogens with zero attached hydrogens (tertiary/aromatic N) is 1. The molecule has 0 saturated heterocycles. The third kappa shape index (κ3) is 3.42. The number of aliphatic hydroxyl groups is 1. The zero-order valence-corrected chi connectivity index (χ0v) is 10.9. The summed E-state index contributed by atoms with van der Waals surface area (Å²) in [5, 5.41) is 11.7. The van der Waals surface area contributed by atoms with Gasteiger partial charge < -0.3 is 10.4 Å². The zero-order valence-electron chi connectivity index (χ0n) is 10.0. The summed E-state index contributed by atoms with van der Waals surface area (Å²) in [6.07, 6.45) is 0.580. The Labute approximate surface area is 102 Å². The van der Waals surface area contributed by atoms with Crippen LogP contribution in [0.1, 0.15) is 6.42 Å². The van der Waals surface area contributed by atoms with E-state index in [2.05, 4.69) is 5.32 Å². The highest BCUT2D eigenvalue weighted by atomic mass is 32.2. The maximum absolute atomic E-state index is 12.0. The Morgan fingerprint density at radius 3 is 2.53 bits per heavy atom. The first-order valence-electron chi connectivity index (χ1n) is 5.36. The number of aliphatic hydroxyl groups excluding tert-OH is 1. The van der Waals surface area contributed by atoms with Gasteiger partial charge in [0.05, 0.1) is 5.69 Å². The van der Waals surface area contributed by atoms with Crippen molar-refractivity contribution in [3.63, 3.8) is 0 Å². The Morgan fingerprint density at radius 1 is 1.29 bits per heavy atom. The molecule has 1 aromatic rings. The van der Waals surface area contributed by atoms with Crippen molar-refractivity contribution in [2.24, 2.45) is 0 Å². The lowest BCUT2D eigenvalue weighted by molar-refractivity contribution is 0.292. The Morgan fingerprint density at radius 2 is 1.94 bits per heavy atom. The topological polar surface area (TPSA) is 69.6 Å². The van der Waals surface area contributed by atoms with Crippen LogP contribution in [0.4, 0.5) is 5.69 Å². The van der Waals surface area contributed by atoms with E-state index in [0.29, 0.717) is 18.7 Å². The van der Waals surface area contributed by atoms with Crippen LogP contribution >= 0.6 is 0 Å². The third-order valence-corrected chi connectivity index (χ3v) is 4.17. The van der Waals surface area contributed by atoms with Crippen molar-refractivity contribution in [3.8, 4) is 0 Å². The van der Waals surface area contributed by atoms with Gasteiger partial charge in [0.15, 0.2) is 0 Å². The lowest BCUT2D eigenvalue weighted by atomic mass is 10.3. The second-order valence-electron chi connectivity index (χ2n) is 3.79. The maximum Gasteiger partial charge on any atom is 0.244 e. The molecule has 1 aromatic carbocycles. The number of anilines is 1. The van der Waals surface area contributed by atoms with Crippen molar-refractivity contribution < 1.29 is 13.5 Å². The third-order valence-electron chi connectivity index (χ3n) is 2.30. The normalized spacial score (nSPS) is 11.8. The predicted molar refractivity (Wildman–Crippen MR) is 67.5 cm³/mol. The van der Waals surface area contributed by atoms with Gasteiger partial charge in [-0.25, -0.2) is 12.7 Å². The molecule has 0 spiro atoms. The quantitative estimate of drug-likeness (QED) is 0.738. The van der Waals surface area contributed by atoms with E-state index >= 15 is 0 Å². The number of benzene rings is 1. The lowest BCUT2D eigenvalue weighted by Gasteiger charge is -2.15. The molecular weight excluding hydrogens is 240 g/mol. The van der Waals surface area contributed by atoms with Crippen LogP contribution in [0, 0.1) is 0 Å². The van der Waals surface area contributed by atoms with Gasteiger partial charge in [0.1, 0.15) is 4.90 Å². The van der Waals surface area contributed by atoms with Crippen molar-refractivity contribution in [3.05, 3.63) is 24.3 Å². The van der Waals surface area contributed by atoms with E-state index in [0.717, 1.165) is 0 Å². The van der Waals surface area contributed by atoms with E-state index in [-0.39, 0.29) is 11.5 Å². The molecule has 0 unspecified atom stereocenters. The second kappa shape index (κ2) is 6.00. The minimum atomic E-state index is -3.44. The molecule has 6 heteroatoms. The fraction of sp³-hybridized carbons (Fsp3) is 0.455. The molecule has 0 aliphatic heterocycles. The van der Waals surface area contributed by atoms with Gasteiger partial charge in [-0.15, -0.1) is 0 Å². The molecule has 0 aromatic heterocycles. The van der Waals surface area contributed by atoms with Crippen molar-refractivity contribution in [2.75, 3.05) is 32.6 Å². The highest BCUT2D eigenvalue weighted by Crippen LogP contribution is 2.22. The van der Waals surface area contributed by atoms with E-state index in [1.165, 1.54) is 18.4 Å². The summed E-state index contributed by atoms with van der Waals surface area (Å²) in [6.45, 7) is 0.617. The number of hydrogen-bond donors (Lipinski definition) is 2. The Balaban J connectivity index is 3.00. The van der Waals surface area contributed by atoms with E-state index in [9.17, 15) is 8.42 Å². The highest BCUT2D eigenvalue weighted by molar-refractivity contribution is 7.89. The summed E-state index contributed by atoms with van der Waals surface area (Å²) in [5.74, 6) is 0. The van der Waals surface area contributed by atoms with E-state index in [1.807, 2.05) is 0 Å². The van der Waals surface area contributed by atoms with Crippen molar-refractivity contribution >= 4 is 15.7 Å². The molecule has 5 nitrogen and oxygen atoms in total. The molecule has 0 aliphatic carbocycles. The van der Waals surface area contributed by atoms with Gasteiger partial charge in [-0.05, 0) is 18.6 Å². The van der Waals surface area contributed by atoms with Crippen LogP contribution in [0.2, 0.25) is 0 Å². The standard InChI is InChI=1S/C11H18N2O3S/c1-13(2)17(15,16)11-7-4-3-6-10(11)12-8-5-9-14/h3-4,6-7,12,14H,5,8-9H2,1-2H3. The highest BCUT2D eigenvalue weighted by Gasteiger charge is 2.20. The van der Waals surface area contributed by atoms with Crippen LogP contribution in [0.25, 0.3) is 0 Å². The van der Waals surface area contributed by atoms with E-state index < -0.39 is 10.0 Å². The van der Waals surface area contributed by atoms with Gasteiger partial charge in [0, 0.05) is 27.2 Å². The average molecular weight is 258 g/mol. The second-order valence-corrected chi connectivity index (χ2v) is 5.91. The Bertz CT molecular complexity index is 458. The van der Waals surface area contributed by atoms with Crippen LogP contribution in [0.3, 0.4) is 0 Å². The molecule has 96 valence electrons. The minimum Gasteiger partial charge on any atom is -0.396 e. The monoisotopic (exact) mass is 258 g/mol. The fourth-order valence-corrected chi connectivity index (χ4v) is 2.40. The number of sulfonamides is 1. The van der Waals surface area contributed by atoms with Crippen LogP contribution in [0.15, 0.2) is 29.2 Å². The Kier molecular flexibility index (Phi) is 4.92. The van der Waals surface area contributed by atoms with Crippen molar-refractivity contribution in [1.29, 1.82) is 0 Å². The lowest BCUT2D eigenvalue weighted by Crippen LogP contribution is -2.23. The van der Waals surface area contributed by atoms with Gasteiger partial charge in [-0.3, -0.25) is 0 Å². The van der Waals surface area contributed by atoms with Gasteiger partial charge >= 0.3 is 0 Å². The summed E-state index contributed by atoms with van der Waals surface area (Å²) >= 11 is 0. The number of para-hydroxylation sites is 1. The molecule has 0 radical (unpaired) electrons. The summed E-state index contributed by atoms with van der Waals surface area (Å²) in [4.78, 5) is 0.253. The van der Waals surface area contributed by atoms with Crippen molar-refractivity contribution in [1.82, 2.24) is 4.31 Å². The molecule has 1 rings (SSSR count). The van der Waals surface area contributed by atoms with E-state index in [1.54, 1.807) is 24.3 Å². The molecule has 0 heterocycles. The molecule has 0 bridgehead atoms.